The lowest BCUT2D eigenvalue weighted by molar-refractivity contribution is 0.601. The molecular weight excluding hydrogens is 303 g/mol. The molecule has 1 N–H and O–H groups in total. The molecule has 102 valence electrons. The first kappa shape index (κ1) is 14.3. The third-order valence-corrected chi connectivity index (χ3v) is 4.36. The fraction of sp³-hybridized carbons (Fsp3) is 0. The molecule has 0 fully saturated rings. The van der Waals surface area contributed by atoms with Gasteiger partial charge >= 0.3 is 0 Å². The lowest BCUT2D eigenvalue weighted by Gasteiger charge is -2.10. The Morgan fingerprint density at radius 1 is 1.15 bits per heavy atom. The van der Waals surface area contributed by atoms with Crippen molar-refractivity contribution in [2.75, 3.05) is 4.72 Å². The second-order valence-corrected chi connectivity index (χ2v) is 5.87. The predicted octanol–water partition coefficient (Wildman–Crippen LogP) is 3.15. The summed E-state index contributed by atoms with van der Waals surface area (Å²) in [6, 6.07) is 11.1. The highest BCUT2D eigenvalue weighted by molar-refractivity contribution is 7.92. The van der Waals surface area contributed by atoms with Crippen LogP contribution in [0.2, 0.25) is 5.02 Å². The van der Waals surface area contributed by atoms with Crippen molar-refractivity contribution in [2.24, 2.45) is 0 Å². The third-order valence-electron chi connectivity index (χ3n) is 2.50. The van der Waals surface area contributed by atoms with E-state index < -0.39 is 15.8 Å². The Balaban J connectivity index is 2.48. The van der Waals surface area contributed by atoms with Crippen molar-refractivity contribution in [3.8, 4) is 6.07 Å². The Bertz CT molecular complexity index is 800. The van der Waals surface area contributed by atoms with Gasteiger partial charge < -0.3 is 0 Å². The maximum absolute atomic E-state index is 13.4. The van der Waals surface area contributed by atoms with E-state index in [0.29, 0.717) is 0 Å². The number of nitriles is 1. The maximum Gasteiger partial charge on any atom is 0.263 e. The van der Waals surface area contributed by atoms with Gasteiger partial charge in [0, 0.05) is 0 Å². The second-order valence-electron chi connectivity index (χ2n) is 3.81. The van der Waals surface area contributed by atoms with Gasteiger partial charge in [-0.05, 0) is 24.3 Å². The fourth-order valence-electron chi connectivity index (χ4n) is 1.59. The minimum Gasteiger partial charge on any atom is -0.278 e. The minimum absolute atomic E-state index is 0.0370. The van der Waals surface area contributed by atoms with Crippen LogP contribution in [0.4, 0.5) is 10.1 Å². The van der Waals surface area contributed by atoms with Gasteiger partial charge in [0.2, 0.25) is 0 Å². The Labute approximate surface area is 120 Å². The molecule has 0 aliphatic heterocycles. The Morgan fingerprint density at radius 2 is 1.85 bits per heavy atom. The number of anilines is 1. The van der Waals surface area contributed by atoms with Crippen LogP contribution >= 0.6 is 11.6 Å². The van der Waals surface area contributed by atoms with Crippen LogP contribution in [0, 0.1) is 17.1 Å². The molecule has 20 heavy (non-hydrogen) atoms. The normalized spacial score (nSPS) is 10.8. The first-order valence-corrected chi connectivity index (χ1v) is 7.28. The summed E-state index contributed by atoms with van der Waals surface area (Å²) < 4.78 is 39.9. The largest absolute Gasteiger partial charge is 0.278 e. The summed E-state index contributed by atoms with van der Waals surface area (Å²) in [4.78, 5) is -0.144. The molecule has 0 bridgehead atoms. The van der Waals surface area contributed by atoms with Crippen molar-refractivity contribution in [2.45, 2.75) is 4.90 Å². The first-order valence-electron chi connectivity index (χ1n) is 5.41. The molecule has 0 spiro atoms. The van der Waals surface area contributed by atoms with E-state index in [4.69, 9.17) is 16.9 Å². The van der Waals surface area contributed by atoms with E-state index in [0.717, 1.165) is 6.07 Å². The van der Waals surface area contributed by atoms with Gasteiger partial charge in [-0.25, -0.2) is 12.8 Å². The monoisotopic (exact) mass is 310 g/mol. The molecule has 7 heteroatoms. The second kappa shape index (κ2) is 5.49. The van der Waals surface area contributed by atoms with Crippen molar-refractivity contribution in [1.82, 2.24) is 0 Å². The molecule has 0 aromatic heterocycles. The fourth-order valence-corrected chi connectivity index (χ4v) is 3.18. The molecule has 0 atom stereocenters. The summed E-state index contributed by atoms with van der Waals surface area (Å²) in [6.45, 7) is 0. The molecule has 2 aromatic rings. The van der Waals surface area contributed by atoms with Crippen LogP contribution < -0.4 is 4.72 Å². The predicted molar refractivity (Wildman–Crippen MR) is 73.4 cm³/mol. The number of benzene rings is 2. The lowest BCUT2D eigenvalue weighted by atomic mass is 10.2. The SMILES string of the molecule is N#Cc1c(F)cccc1NS(=O)(=O)c1ccccc1Cl. The molecule has 4 nitrogen and oxygen atoms in total. The summed E-state index contributed by atoms with van der Waals surface area (Å²) in [7, 11) is -3.99. The molecule has 0 amide bonds. The number of hydrogen-bond donors (Lipinski definition) is 1. The Hall–Kier alpha value is -2.10. The summed E-state index contributed by atoms with van der Waals surface area (Å²) in [5.41, 5.74) is -0.504. The molecule has 0 saturated heterocycles. The molecule has 0 aliphatic rings. The van der Waals surface area contributed by atoms with Gasteiger partial charge in [0.25, 0.3) is 10.0 Å². The highest BCUT2D eigenvalue weighted by Crippen LogP contribution is 2.25. The third kappa shape index (κ3) is 2.74. The van der Waals surface area contributed by atoms with E-state index in [1.807, 2.05) is 0 Å². The van der Waals surface area contributed by atoms with E-state index in [2.05, 4.69) is 4.72 Å². The van der Waals surface area contributed by atoms with Gasteiger partial charge in [-0.1, -0.05) is 29.8 Å². The highest BCUT2D eigenvalue weighted by atomic mass is 35.5. The number of nitrogens with zero attached hydrogens (tertiary/aromatic N) is 1. The topological polar surface area (TPSA) is 70.0 Å². The van der Waals surface area contributed by atoms with Gasteiger partial charge in [-0.15, -0.1) is 0 Å². The summed E-state index contributed by atoms with van der Waals surface area (Å²) >= 11 is 5.82. The molecule has 0 aliphatic carbocycles. The quantitative estimate of drug-likeness (QED) is 0.946. The maximum atomic E-state index is 13.4. The van der Waals surface area contributed by atoms with E-state index in [1.165, 1.54) is 30.3 Å². The van der Waals surface area contributed by atoms with E-state index in [1.54, 1.807) is 12.1 Å². The van der Waals surface area contributed by atoms with E-state index in [9.17, 15) is 12.8 Å². The zero-order chi connectivity index (χ0) is 14.8. The van der Waals surface area contributed by atoms with Crippen LogP contribution in [-0.4, -0.2) is 8.42 Å². The summed E-state index contributed by atoms with van der Waals surface area (Å²) in [5.74, 6) is -0.799. The van der Waals surface area contributed by atoms with Gasteiger partial charge in [-0.3, -0.25) is 4.72 Å². The number of rotatable bonds is 3. The van der Waals surface area contributed by atoms with Crippen molar-refractivity contribution in [3.05, 3.63) is 58.9 Å². The lowest BCUT2D eigenvalue weighted by Crippen LogP contribution is -2.14. The van der Waals surface area contributed by atoms with Crippen molar-refractivity contribution in [3.63, 3.8) is 0 Å². The number of halogens is 2. The van der Waals surface area contributed by atoms with Crippen molar-refractivity contribution in [1.29, 1.82) is 5.26 Å². The van der Waals surface area contributed by atoms with Crippen LogP contribution in [0.25, 0.3) is 0 Å². The van der Waals surface area contributed by atoms with Gasteiger partial charge in [0.15, 0.2) is 0 Å². The standard InChI is InChI=1S/C13H8ClFN2O2S/c14-10-4-1-2-7-13(10)20(18,19)17-12-6-3-5-11(15)9(12)8-16/h1-7,17H. The van der Waals surface area contributed by atoms with Crippen LogP contribution in [-0.2, 0) is 10.0 Å². The molecule has 2 rings (SSSR count). The molecule has 0 heterocycles. The molecule has 0 saturated carbocycles. The van der Waals surface area contributed by atoms with E-state index in [-0.39, 0.29) is 21.2 Å². The minimum atomic E-state index is -3.99. The number of nitrogens with one attached hydrogen (secondary N) is 1. The van der Waals surface area contributed by atoms with Gasteiger partial charge in [0.05, 0.1) is 10.7 Å². The van der Waals surface area contributed by atoms with Crippen LogP contribution in [0.15, 0.2) is 47.4 Å². The Morgan fingerprint density at radius 3 is 2.50 bits per heavy atom. The summed E-state index contributed by atoms with van der Waals surface area (Å²) in [6.07, 6.45) is 0. The van der Waals surface area contributed by atoms with Crippen LogP contribution in [0.1, 0.15) is 5.56 Å². The van der Waals surface area contributed by atoms with Crippen molar-refractivity contribution < 1.29 is 12.8 Å². The molecule has 2 aromatic carbocycles. The molecule has 0 radical (unpaired) electrons. The summed E-state index contributed by atoms with van der Waals surface area (Å²) in [5, 5.41) is 8.91. The van der Waals surface area contributed by atoms with E-state index >= 15 is 0 Å². The zero-order valence-electron chi connectivity index (χ0n) is 9.97. The smallest absolute Gasteiger partial charge is 0.263 e. The molecule has 0 unspecified atom stereocenters. The average Bonchev–Trinajstić information content (AvgIpc) is 2.39. The molecular formula is C13H8ClFN2O2S. The van der Waals surface area contributed by atoms with Crippen LogP contribution in [0.3, 0.4) is 0 Å². The van der Waals surface area contributed by atoms with Crippen molar-refractivity contribution >= 4 is 27.3 Å². The highest BCUT2D eigenvalue weighted by Gasteiger charge is 2.19. The number of hydrogen-bond acceptors (Lipinski definition) is 3. The zero-order valence-corrected chi connectivity index (χ0v) is 11.5. The Kier molecular flexibility index (Phi) is 3.93. The first-order chi connectivity index (χ1) is 9.45. The van der Waals surface area contributed by atoms with Crippen LogP contribution in [0.5, 0.6) is 0 Å². The van der Waals surface area contributed by atoms with Gasteiger partial charge in [-0.2, -0.15) is 5.26 Å². The average molecular weight is 311 g/mol. The van der Waals surface area contributed by atoms with Gasteiger partial charge in [0.1, 0.15) is 22.3 Å². The number of sulfonamides is 1.